The van der Waals surface area contributed by atoms with E-state index in [4.69, 9.17) is 18.0 Å². The first-order chi connectivity index (χ1) is 4.04. The fourth-order valence-corrected chi connectivity index (χ4v) is 0.652. The van der Waals surface area contributed by atoms with Crippen LogP contribution in [0.1, 0.15) is 20.8 Å². The summed E-state index contributed by atoms with van der Waals surface area (Å²) in [6.45, 7) is 5.95. The van der Waals surface area contributed by atoms with Crippen LogP contribution in [0.2, 0.25) is 0 Å². The molecule has 2 nitrogen and oxygen atoms in total. The lowest BCUT2D eigenvalue weighted by molar-refractivity contribution is 0.719. The Kier molecular flexibility index (Phi) is 3.73. The van der Waals surface area contributed by atoms with E-state index in [0.717, 1.165) is 4.99 Å². The monoisotopic (exact) mass is 146 g/mol. The largest absolute Gasteiger partial charge is 0.376 e. The van der Waals surface area contributed by atoms with Crippen LogP contribution >= 0.6 is 12.2 Å². The topological polar surface area (TPSA) is 38.0 Å². The molecule has 0 spiro atoms. The molecule has 1 atom stereocenters. The fourth-order valence-electron chi connectivity index (χ4n) is 0.416. The highest BCUT2D eigenvalue weighted by atomic mass is 32.1. The van der Waals surface area contributed by atoms with E-state index in [1.807, 2.05) is 20.8 Å². The van der Waals surface area contributed by atoms with Gasteiger partial charge in [0.1, 0.15) is 0 Å². The van der Waals surface area contributed by atoms with Crippen molar-refractivity contribution < 1.29 is 0 Å². The van der Waals surface area contributed by atoms with Gasteiger partial charge in [-0.25, -0.2) is 0 Å². The predicted molar refractivity (Wildman–Crippen MR) is 44.5 cm³/mol. The van der Waals surface area contributed by atoms with Crippen LogP contribution < -0.4 is 11.1 Å². The van der Waals surface area contributed by atoms with Crippen LogP contribution in [0.15, 0.2) is 0 Å². The third kappa shape index (κ3) is 4.36. The van der Waals surface area contributed by atoms with Gasteiger partial charge in [0, 0.05) is 6.04 Å². The van der Waals surface area contributed by atoms with Gasteiger partial charge in [0.2, 0.25) is 0 Å². The van der Waals surface area contributed by atoms with Crippen molar-refractivity contribution in [3.63, 3.8) is 0 Å². The summed E-state index contributed by atoms with van der Waals surface area (Å²) in [5, 5.41) is 3.05. The molecule has 3 N–H and O–H groups in total. The SMILES string of the molecule is CC(C)NC(=S)C(C)N. The number of hydrogen-bond acceptors (Lipinski definition) is 2. The summed E-state index contributed by atoms with van der Waals surface area (Å²) in [5.74, 6) is 0. The van der Waals surface area contributed by atoms with Gasteiger partial charge >= 0.3 is 0 Å². The highest BCUT2D eigenvalue weighted by Gasteiger charge is 2.01. The molecule has 0 aromatic rings. The van der Waals surface area contributed by atoms with Crippen LogP contribution in [0, 0.1) is 0 Å². The van der Waals surface area contributed by atoms with Crippen LogP contribution in [-0.4, -0.2) is 17.1 Å². The van der Waals surface area contributed by atoms with Gasteiger partial charge < -0.3 is 11.1 Å². The number of nitrogens with two attached hydrogens (primary N) is 1. The minimum atomic E-state index is -0.0256. The Morgan fingerprint density at radius 2 is 1.89 bits per heavy atom. The molecule has 3 heteroatoms. The lowest BCUT2D eigenvalue weighted by Gasteiger charge is -2.13. The summed E-state index contributed by atoms with van der Waals surface area (Å²) in [7, 11) is 0. The average molecular weight is 146 g/mol. The van der Waals surface area contributed by atoms with Gasteiger partial charge in [0.25, 0.3) is 0 Å². The zero-order valence-corrected chi connectivity index (χ0v) is 6.96. The molecule has 54 valence electrons. The highest BCUT2D eigenvalue weighted by Crippen LogP contribution is 1.83. The van der Waals surface area contributed by atoms with Crippen LogP contribution in [0.4, 0.5) is 0 Å². The van der Waals surface area contributed by atoms with Crippen molar-refractivity contribution in [3.8, 4) is 0 Å². The quantitative estimate of drug-likeness (QED) is 0.562. The van der Waals surface area contributed by atoms with Crippen molar-refractivity contribution in [2.75, 3.05) is 0 Å². The maximum Gasteiger partial charge on any atom is 0.0922 e. The summed E-state index contributed by atoms with van der Waals surface area (Å²) in [4.78, 5) is 0.741. The molecular weight excluding hydrogens is 132 g/mol. The van der Waals surface area contributed by atoms with Crippen molar-refractivity contribution >= 4 is 17.2 Å². The molecule has 0 heterocycles. The van der Waals surface area contributed by atoms with E-state index in [1.54, 1.807) is 0 Å². The first-order valence-electron chi connectivity index (χ1n) is 3.10. The lowest BCUT2D eigenvalue weighted by Crippen LogP contribution is -2.40. The van der Waals surface area contributed by atoms with E-state index in [0.29, 0.717) is 6.04 Å². The molecule has 0 radical (unpaired) electrons. The van der Waals surface area contributed by atoms with Gasteiger partial charge in [0.15, 0.2) is 0 Å². The third-order valence-corrected chi connectivity index (χ3v) is 1.33. The second kappa shape index (κ2) is 3.80. The normalized spacial score (nSPS) is 13.4. The summed E-state index contributed by atoms with van der Waals surface area (Å²) >= 11 is 4.92. The van der Waals surface area contributed by atoms with Gasteiger partial charge in [-0.05, 0) is 20.8 Å². The Labute approximate surface area is 61.8 Å². The third-order valence-electron chi connectivity index (χ3n) is 0.844. The van der Waals surface area contributed by atoms with E-state index in [-0.39, 0.29) is 6.04 Å². The van der Waals surface area contributed by atoms with Crippen molar-refractivity contribution in [3.05, 3.63) is 0 Å². The minimum Gasteiger partial charge on any atom is -0.376 e. The van der Waals surface area contributed by atoms with Crippen LogP contribution in [0.3, 0.4) is 0 Å². The number of thiocarbonyl (C=S) groups is 1. The van der Waals surface area contributed by atoms with Crippen molar-refractivity contribution in [1.29, 1.82) is 0 Å². The number of hydrogen-bond donors (Lipinski definition) is 2. The summed E-state index contributed by atoms with van der Waals surface area (Å²) in [6, 6.07) is 0.367. The van der Waals surface area contributed by atoms with E-state index >= 15 is 0 Å². The predicted octanol–water partition coefficient (Wildman–Crippen LogP) is 0.659. The van der Waals surface area contributed by atoms with Gasteiger partial charge in [-0.15, -0.1) is 0 Å². The number of rotatable bonds is 2. The summed E-state index contributed by atoms with van der Waals surface area (Å²) in [5.41, 5.74) is 5.48. The van der Waals surface area contributed by atoms with E-state index in [1.165, 1.54) is 0 Å². The van der Waals surface area contributed by atoms with Crippen molar-refractivity contribution in [2.24, 2.45) is 5.73 Å². The molecular formula is C6H14N2S. The molecule has 0 aliphatic rings. The Hall–Kier alpha value is -0.150. The Morgan fingerprint density at radius 3 is 2.00 bits per heavy atom. The Balaban J connectivity index is 3.51. The van der Waals surface area contributed by atoms with Gasteiger partial charge in [-0.1, -0.05) is 12.2 Å². The molecule has 0 saturated heterocycles. The van der Waals surface area contributed by atoms with Crippen LogP contribution in [0.5, 0.6) is 0 Å². The van der Waals surface area contributed by atoms with Gasteiger partial charge in [0.05, 0.1) is 11.0 Å². The zero-order chi connectivity index (χ0) is 7.44. The first kappa shape index (κ1) is 8.85. The minimum absolute atomic E-state index is 0.0256. The van der Waals surface area contributed by atoms with Crippen LogP contribution in [-0.2, 0) is 0 Å². The molecule has 0 aliphatic heterocycles. The lowest BCUT2D eigenvalue weighted by atomic mass is 10.3. The Morgan fingerprint density at radius 1 is 1.44 bits per heavy atom. The van der Waals surface area contributed by atoms with Gasteiger partial charge in [-0.3, -0.25) is 0 Å². The molecule has 0 aliphatic carbocycles. The van der Waals surface area contributed by atoms with Crippen LogP contribution in [0.25, 0.3) is 0 Å². The van der Waals surface area contributed by atoms with Gasteiger partial charge in [-0.2, -0.15) is 0 Å². The number of nitrogens with one attached hydrogen (secondary N) is 1. The van der Waals surface area contributed by atoms with E-state index in [9.17, 15) is 0 Å². The Bertz CT molecular complexity index is 99.2. The summed E-state index contributed by atoms with van der Waals surface area (Å²) in [6.07, 6.45) is 0. The second-order valence-corrected chi connectivity index (χ2v) is 2.89. The van der Waals surface area contributed by atoms with E-state index < -0.39 is 0 Å². The molecule has 0 saturated carbocycles. The highest BCUT2D eigenvalue weighted by molar-refractivity contribution is 7.80. The average Bonchev–Trinajstić information content (AvgIpc) is 1.63. The zero-order valence-electron chi connectivity index (χ0n) is 6.14. The maximum atomic E-state index is 5.48. The fraction of sp³-hybridized carbons (Fsp3) is 0.833. The molecule has 0 bridgehead atoms. The standard InChI is InChI=1S/C6H14N2S/c1-4(2)8-6(9)5(3)7/h4-5H,7H2,1-3H3,(H,8,9). The smallest absolute Gasteiger partial charge is 0.0922 e. The summed E-state index contributed by atoms with van der Waals surface area (Å²) < 4.78 is 0. The molecule has 0 aromatic carbocycles. The molecule has 0 rings (SSSR count). The van der Waals surface area contributed by atoms with E-state index in [2.05, 4.69) is 5.32 Å². The molecule has 1 unspecified atom stereocenters. The first-order valence-corrected chi connectivity index (χ1v) is 3.51. The molecule has 0 aromatic heterocycles. The maximum absolute atomic E-state index is 5.48. The van der Waals surface area contributed by atoms with Crippen molar-refractivity contribution in [2.45, 2.75) is 32.9 Å². The molecule has 9 heavy (non-hydrogen) atoms. The van der Waals surface area contributed by atoms with Crippen molar-refractivity contribution in [1.82, 2.24) is 5.32 Å². The molecule has 0 fully saturated rings. The molecule has 0 amide bonds. The second-order valence-electron chi connectivity index (χ2n) is 2.45.